The number of methoxy groups -OCH3 is 2. The molecule has 7 nitrogen and oxygen atoms in total. The Morgan fingerprint density at radius 2 is 1.74 bits per heavy atom. The Kier molecular flexibility index (Phi) is 7.14. The lowest BCUT2D eigenvalue weighted by molar-refractivity contribution is -0.137. The van der Waals surface area contributed by atoms with Crippen LogP contribution in [0.2, 0.25) is 0 Å². The van der Waals surface area contributed by atoms with Crippen molar-refractivity contribution in [2.75, 3.05) is 14.2 Å². The number of benzene rings is 1. The van der Waals surface area contributed by atoms with E-state index in [9.17, 15) is 22.8 Å². The van der Waals surface area contributed by atoms with Gasteiger partial charge in [-0.15, -0.1) is 0 Å². The predicted octanol–water partition coefficient (Wildman–Crippen LogP) is 4.59. The van der Waals surface area contributed by atoms with Crippen molar-refractivity contribution < 1.29 is 37.0 Å². The van der Waals surface area contributed by atoms with Gasteiger partial charge in [-0.1, -0.05) is 0 Å². The van der Waals surface area contributed by atoms with E-state index >= 15 is 0 Å². The highest BCUT2D eigenvalue weighted by Crippen LogP contribution is 2.36. The summed E-state index contributed by atoms with van der Waals surface area (Å²) in [5.41, 5.74) is -0.898. The van der Waals surface area contributed by atoms with Crippen molar-refractivity contribution in [3.63, 3.8) is 0 Å². The van der Waals surface area contributed by atoms with Crippen LogP contribution in [-0.2, 0) is 22.2 Å². The number of aromatic nitrogens is 1. The number of esters is 1. The van der Waals surface area contributed by atoms with E-state index in [0.717, 1.165) is 6.07 Å². The van der Waals surface area contributed by atoms with Gasteiger partial charge in [-0.25, -0.2) is 14.6 Å². The molecule has 1 heterocycles. The first kappa shape index (κ1) is 24.0. The first-order valence-electron chi connectivity index (χ1n) is 9.15. The number of alkyl carbamates (subject to hydrolysis) is 1. The lowest BCUT2D eigenvalue weighted by Crippen LogP contribution is -2.32. The largest absolute Gasteiger partial charge is 0.481 e. The van der Waals surface area contributed by atoms with Gasteiger partial charge in [0.05, 0.1) is 25.3 Å². The van der Waals surface area contributed by atoms with Gasteiger partial charge >= 0.3 is 18.2 Å². The Hall–Kier alpha value is -3.30. The molecule has 31 heavy (non-hydrogen) atoms. The second-order valence-corrected chi connectivity index (χ2v) is 7.54. The zero-order chi connectivity index (χ0) is 23.4. The Morgan fingerprint density at radius 1 is 1.06 bits per heavy atom. The number of halogens is 3. The van der Waals surface area contributed by atoms with Gasteiger partial charge in [-0.3, -0.25) is 0 Å². The van der Waals surface area contributed by atoms with Crippen molar-refractivity contribution in [1.82, 2.24) is 10.3 Å². The molecule has 0 unspecified atom stereocenters. The number of ether oxygens (including phenoxy) is 3. The molecule has 0 saturated carbocycles. The smallest absolute Gasteiger partial charge is 0.417 e. The maximum atomic E-state index is 13.2. The molecule has 1 aromatic heterocycles. The van der Waals surface area contributed by atoms with Crippen molar-refractivity contribution in [3.8, 4) is 17.0 Å². The van der Waals surface area contributed by atoms with Crippen molar-refractivity contribution in [2.45, 2.75) is 39.1 Å². The lowest BCUT2D eigenvalue weighted by atomic mass is 9.99. The monoisotopic (exact) mass is 440 g/mol. The Labute approximate surface area is 177 Å². The molecule has 0 aliphatic heterocycles. The van der Waals surface area contributed by atoms with Gasteiger partial charge in [0.15, 0.2) is 0 Å². The number of amides is 1. The molecule has 0 atom stereocenters. The zero-order valence-corrected chi connectivity index (χ0v) is 17.7. The lowest BCUT2D eigenvalue weighted by Gasteiger charge is -2.20. The molecule has 0 aliphatic carbocycles. The van der Waals surface area contributed by atoms with E-state index in [0.29, 0.717) is 11.8 Å². The molecule has 1 amide bonds. The molecule has 0 radical (unpaired) electrons. The van der Waals surface area contributed by atoms with Crippen LogP contribution in [0.4, 0.5) is 18.0 Å². The number of nitrogens with one attached hydrogen (secondary N) is 1. The first-order valence-corrected chi connectivity index (χ1v) is 9.15. The van der Waals surface area contributed by atoms with E-state index in [1.165, 1.54) is 32.4 Å². The van der Waals surface area contributed by atoms with Crippen LogP contribution in [0.15, 0.2) is 30.5 Å². The van der Waals surface area contributed by atoms with Crippen LogP contribution in [0.3, 0.4) is 0 Å². The summed E-state index contributed by atoms with van der Waals surface area (Å²) in [6.45, 7) is 5.07. The number of nitrogens with zero attached hydrogens (tertiary/aromatic N) is 1. The molecule has 0 aliphatic rings. The average molecular weight is 440 g/mol. The maximum absolute atomic E-state index is 13.2. The molecule has 0 spiro atoms. The summed E-state index contributed by atoms with van der Waals surface area (Å²) in [4.78, 5) is 27.8. The third-order valence-corrected chi connectivity index (χ3v) is 3.93. The number of pyridine rings is 1. The number of carbonyl (C=O) groups excluding carboxylic acids is 2. The Balaban J connectivity index is 2.49. The molecule has 0 saturated heterocycles. The van der Waals surface area contributed by atoms with E-state index in [1.54, 1.807) is 20.8 Å². The fourth-order valence-electron chi connectivity index (χ4n) is 2.65. The van der Waals surface area contributed by atoms with Gasteiger partial charge in [-0.2, -0.15) is 13.2 Å². The molecule has 0 bridgehead atoms. The van der Waals surface area contributed by atoms with Gasteiger partial charge in [-0.05, 0) is 56.2 Å². The van der Waals surface area contributed by atoms with Crippen molar-refractivity contribution in [1.29, 1.82) is 0 Å². The molecular formula is C21H23F3N2O5. The average Bonchev–Trinajstić information content (AvgIpc) is 2.69. The normalized spacial score (nSPS) is 11.6. The first-order chi connectivity index (χ1) is 14.3. The molecule has 1 N–H and O–H groups in total. The third kappa shape index (κ3) is 6.59. The summed E-state index contributed by atoms with van der Waals surface area (Å²) in [5.74, 6) is -0.750. The number of carbonyl (C=O) groups is 2. The second-order valence-electron chi connectivity index (χ2n) is 7.54. The Bertz CT molecular complexity index is 968. The van der Waals surface area contributed by atoms with Crippen LogP contribution < -0.4 is 10.1 Å². The van der Waals surface area contributed by atoms with E-state index < -0.39 is 29.4 Å². The number of alkyl halides is 3. The topological polar surface area (TPSA) is 86.8 Å². The number of hydrogen-bond acceptors (Lipinski definition) is 6. The summed E-state index contributed by atoms with van der Waals surface area (Å²) in [5, 5.41) is 2.54. The molecule has 10 heteroatoms. The fraction of sp³-hybridized carbons (Fsp3) is 0.381. The summed E-state index contributed by atoms with van der Waals surface area (Å²) >= 11 is 0. The predicted molar refractivity (Wildman–Crippen MR) is 106 cm³/mol. The van der Waals surface area contributed by atoms with Crippen LogP contribution in [0.1, 0.15) is 42.3 Å². The molecule has 1 aromatic carbocycles. The summed E-state index contributed by atoms with van der Waals surface area (Å²) in [6, 6.07) is 5.22. The molecule has 2 aromatic rings. The van der Waals surface area contributed by atoms with E-state index in [-0.39, 0.29) is 29.1 Å². The highest BCUT2D eigenvalue weighted by Gasteiger charge is 2.32. The van der Waals surface area contributed by atoms with Crippen LogP contribution in [-0.4, -0.2) is 36.9 Å². The minimum Gasteiger partial charge on any atom is -0.481 e. The van der Waals surface area contributed by atoms with Gasteiger partial charge < -0.3 is 19.5 Å². The molecule has 2 rings (SSSR count). The van der Waals surface area contributed by atoms with Crippen molar-refractivity contribution in [2.24, 2.45) is 0 Å². The van der Waals surface area contributed by atoms with Crippen molar-refractivity contribution >= 4 is 12.1 Å². The standard InChI is InChI=1S/C21H23F3N2O5/c1-20(2,3)31-19(28)26-10-12-6-13(8-14(7-12)18(27)30-5)16-9-15(21(22,23)24)11-25-17(16)29-4/h6-9,11H,10H2,1-5H3,(H,26,28). The van der Waals surface area contributed by atoms with Gasteiger partial charge in [0.1, 0.15) is 5.60 Å². The molecule has 168 valence electrons. The minimum absolute atomic E-state index is 0.0293. The molecular weight excluding hydrogens is 417 g/mol. The van der Waals surface area contributed by atoms with Gasteiger partial charge in [0.2, 0.25) is 5.88 Å². The van der Waals surface area contributed by atoms with E-state index in [4.69, 9.17) is 14.2 Å². The zero-order valence-electron chi connectivity index (χ0n) is 17.7. The maximum Gasteiger partial charge on any atom is 0.417 e. The number of hydrogen-bond donors (Lipinski definition) is 1. The van der Waals surface area contributed by atoms with E-state index in [1.807, 2.05) is 0 Å². The molecule has 0 fully saturated rings. The van der Waals surface area contributed by atoms with Crippen molar-refractivity contribution in [3.05, 3.63) is 47.2 Å². The van der Waals surface area contributed by atoms with Gasteiger partial charge in [0, 0.05) is 18.3 Å². The van der Waals surface area contributed by atoms with Gasteiger partial charge in [0.25, 0.3) is 0 Å². The fourth-order valence-corrected chi connectivity index (χ4v) is 2.65. The minimum atomic E-state index is -4.62. The second kappa shape index (κ2) is 9.23. The Morgan fingerprint density at radius 3 is 2.29 bits per heavy atom. The number of rotatable bonds is 5. The quantitative estimate of drug-likeness (QED) is 0.685. The van der Waals surface area contributed by atoms with Crippen LogP contribution in [0, 0.1) is 0 Å². The van der Waals surface area contributed by atoms with E-state index in [2.05, 4.69) is 10.3 Å². The third-order valence-electron chi connectivity index (χ3n) is 3.93. The summed E-state index contributed by atoms with van der Waals surface area (Å²) in [7, 11) is 2.45. The van der Waals surface area contributed by atoms with Crippen LogP contribution in [0.5, 0.6) is 5.88 Å². The SMILES string of the molecule is COC(=O)c1cc(CNC(=O)OC(C)(C)C)cc(-c2cc(C(F)(F)F)cnc2OC)c1. The summed E-state index contributed by atoms with van der Waals surface area (Å²) in [6.07, 6.45) is -4.64. The highest BCUT2D eigenvalue weighted by molar-refractivity contribution is 5.91. The summed E-state index contributed by atoms with van der Waals surface area (Å²) < 4.78 is 54.6. The highest BCUT2D eigenvalue weighted by atomic mass is 19.4. The van der Waals surface area contributed by atoms with Crippen LogP contribution >= 0.6 is 0 Å². The van der Waals surface area contributed by atoms with Crippen LogP contribution in [0.25, 0.3) is 11.1 Å².